The number of pyridine rings is 1. The molecule has 5 rings (SSSR count). The zero-order valence-electron chi connectivity index (χ0n) is 17.4. The maximum absolute atomic E-state index is 13.4. The van der Waals surface area contributed by atoms with Gasteiger partial charge in [0, 0.05) is 38.0 Å². The molecule has 0 saturated heterocycles. The van der Waals surface area contributed by atoms with Gasteiger partial charge in [-0.25, -0.2) is 32.3 Å². The SMILES string of the molecule is Cn1c(=O)oc2cc(S(=O)(=O)NCCn3c(-c4ccc(F)cc4)nc4cccnc43)ccc21. The number of oxazole rings is 1. The summed E-state index contributed by atoms with van der Waals surface area (Å²) in [6.45, 7) is 0.289. The molecule has 0 atom stereocenters. The quantitative estimate of drug-likeness (QED) is 0.411. The summed E-state index contributed by atoms with van der Waals surface area (Å²) in [6.07, 6.45) is 1.63. The maximum Gasteiger partial charge on any atom is 0.419 e. The van der Waals surface area contributed by atoms with Gasteiger partial charge in [-0.05, 0) is 48.5 Å². The third kappa shape index (κ3) is 3.81. The highest BCUT2D eigenvalue weighted by Gasteiger charge is 2.18. The van der Waals surface area contributed by atoms with E-state index in [0.717, 1.165) is 0 Å². The van der Waals surface area contributed by atoms with E-state index in [0.29, 0.717) is 28.1 Å². The number of fused-ring (bicyclic) bond motifs is 2. The van der Waals surface area contributed by atoms with Crippen molar-refractivity contribution in [3.05, 3.63) is 77.2 Å². The number of rotatable bonds is 6. The monoisotopic (exact) mass is 467 g/mol. The Bertz CT molecular complexity index is 1650. The van der Waals surface area contributed by atoms with Gasteiger partial charge in [0.2, 0.25) is 10.0 Å². The number of imidazole rings is 1. The molecule has 0 aliphatic carbocycles. The lowest BCUT2D eigenvalue weighted by Gasteiger charge is -2.11. The van der Waals surface area contributed by atoms with E-state index in [9.17, 15) is 17.6 Å². The Hall–Kier alpha value is -3.83. The molecular weight excluding hydrogens is 449 g/mol. The lowest BCUT2D eigenvalue weighted by atomic mass is 10.2. The molecule has 5 aromatic rings. The van der Waals surface area contributed by atoms with E-state index < -0.39 is 15.8 Å². The maximum atomic E-state index is 13.4. The predicted octanol–water partition coefficient (Wildman–Crippen LogP) is 2.66. The summed E-state index contributed by atoms with van der Waals surface area (Å²) in [6, 6.07) is 13.7. The molecule has 1 N–H and O–H groups in total. The van der Waals surface area contributed by atoms with Crippen molar-refractivity contribution < 1.29 is 17.2 Å². The Morgan fingerprint density at radius 2 is 1.91 bits per heavy atom. The molecule has 0 fully saturated rings. The minimum absolute atomic E-state index is 0.0169. The normalized spacial score (nSPS) is 12.1. The van der Waals surface area contributed by atoms with E-state index in [4.69, 9.17) is 4.42 Å². The van der Waals surface area contributed by atoms with E-state index in [-0.39, 0.29) is 29.4 Å². The Balaban J connectivity index is 1.42. The fraction of sp³-hybridized carbons (Fsp3) is 0.136. The lowest BCUT2D eigenvalue weighted by Crippen LogP contribution is -2.27. The van der Waals surface area contributed by atoms with Crippen LogP contribution in [-0.4, -0.2) is 34.1 Å². The van der Waals surface area contributed by atoms with Gasteiger partial charge in [-0.3, -0.25) is 4.57 Å². The van der Waals surface area contributed by atoms with Crippen molar-refractivity contribution in [3.63, 3.8) is 0 Å². The van der Waals surface area contributed by atoms with Crippen molar-refractivity contribution in [2.24, 2.45) is 7.05 Å². The number of halogens is 1. The van der Waals surface area contributed by atoms with Crippen LogP contribution in [0.5, 0.6) is 0 Å². The van der Waals surface area contributed by atoms with Crippen LogP contribution >= 0.6 is 0 Å². The molecule has 0 unspecified atom stereocenters. The van der Waals surface area contributed by atoms with Gasteiger partial charge in [-0.15, -0.1) is 0 Å². The third-order valence-electron chi connectivity index (χ3n) is 5.31. The van der Waals surface area contributed by atoms with Crippen LogP contribution in [0.1, 0.15) is 0 Å². The van der Waals surface area contributed by atoms with E-state index >= 15 is 0 Å². The first-order valence-electron chi connectivity index (χ1n) is 10.00. The number of aromatic nitrogens is 4. The molecule has 33 heavy (non-hydrogen) atoms. The molecule has 0 aliphatic rings. The summed E-state index contributed by atoms with van der Waals surface area (Å²) >= 11 is 0. The smallest absolute Gasteiger partial charge is 0.408 e. The Morgan fingerprint density at radius 1 is 1.12 bits per heavy atom. The number of sulfonamides is 1. The molecule has 0 bridgehead atoms. The average molecular weight is 467 g/mol. The predicted molar refractivity (Wildman–Crippen MR) is 120 cm³/mol. The van der Waals surface area contributed by atoms with Crippen LogP contribution in [0.15, 0.2) is 74.9 Å². The number of hydrogen-bond acceptors (Lipinski definition) is 6. The molecule has 11 heteroatoms. The van der Waals surface area contributed by atoms with Crippen molar-refractivity contribution in [2.75, 3.05) is 6.54 Å². The number of nitrogens with zero attached hydrogens (tertiary/aromatic N) is 4. The van der Waals surface area contributed by atoms with Crippen LogP contribution < -0.4 is 10.5 Å². The first-order chi connectivity index (χ1) is 15.8. The summed E-state index contributed by atoms with van der Waals surface area (Å²) in [7, 11) is -2.33. The Kier molecular flexibility index (Phi) is 5.06. The van der Waals surface area contributed by atoms with Crippen molar-refractivity contribution in [1.82, 2.24) is 23.8 Å². The largest absolute Gasteiger partial charge is 0.419 e. The molecule has 2 aromatic carbocycles. The summed E-state index contributed by atoms with van der Waals surface area (Å²) in [4.78, 5) is 20.6. The standard InChI is InChI=1S/C22H18FN5O4S/c1-27-18-9-8-16(13-19(18)32-22(27)29)33(30,31)25-11-12-28-20(14-4-6-15(23)7-5-14)26-17-3-2-10-24-21(17)28/h2-10,13,25H,11-12H2,1H3. The zero-order chi connectivity index (χ0) is 23.2. The molecule has 9 nitrogen and oxygen atoms in total. The second-order valence-corrected chi connectivity index (χ2v) is 9.16. The minimum atomic E-state index is -3.87. The zero-order valence-corrected chi connectivity index (χ0v) is 18.2. The van der Waals surface area contributed by atoms with Gasteiger partial charge in [0.1, 0.15) is 17.2 Å². The molecule has 0 aliphatic heterocycles. The fourth-order valence-electron chi connectivity index (χ4n) is 3.65. The first-order valence-corrected chi connectivity index (χ1v) is 11.5. The highest BCUT2D eigenvalue weighted by atomic mass is 32.2. The molecule has 0 spiro atoms. The van der Waals surface area contributed by atoms with Crippen LogP contribution in [-0.2, 0) is 23.6 Å². The Morgan fingerprint density at radius 3 is 2.70 bits per heavy atom. The van der Waals surface area contributed by atoms with Crippen molar-refractivity contribution in [1.29, 1.82) is 0 Å². The number of nitrogens with one attached hydrogen (secondary N) is 1. The van der Waals surface area contributed by atoms with Crippen LogP contribution in [0, 0.1) is 5.82 Å². The second kappa shape index (κ2) is 7.94. The number of benzene rings is 2. The summed E-state index contributed by atoms with van der Waals surface area (Å²) < 4.78 is 49.8. The Labute approximate surface area is 187 Å². The topological polar surface area (TPSA) is 112 Å². The van der Waals surface area contributed by atoms with Crippen molar-refractivity contribution >= 4 is 32.3 Å². The molecule has 0 amide bonds. The first kappa shape index (κ1) is 21.0. The summed E-state index contributed by atoms with van der Waals surface area (Å²) in [5, 5.41) is 0. The van der Waals surface area contributed by atoms with E-state index in [1.165, 1.54) is 34.9 Å². The van der Waals surface area contributed by atoms with Crippen LogP contribution in [0.2, 0.25) is 0 Å². The van der Waals surface area contributed by atoms with Gasteiger partial charge in [-0.2, -0.15) is 0 Å². The third-order valence-corrected chi connectivity index (χ3v) is 6.77. The molecule has 0 radical (unpaired) electrons. The van der Waals surface area contributed by atoms with E-state index in [1.807, 2.05) is 0 Å². The molecule has 3 aromatic heterocycles. The summed E-state index contributed by atoms with van der Waals surface area (Å²) in [5.41, 5.74) is 2.60. The van der Waals surface area contributed by atoms with Crippen molar-refractivity contribution in [2.45, 2.75) is 11.4 Å². The molecule has 168 valence electrons. The number of hydrogen-bond donors (Lipinski definition) is 1. The lowest BCUT2D eigenvalue weighted by molar-refractivity contribution is 0.527. The molecular formula is C22H18FN5O4S. The van der Waals surface area contributed by atoms with Gasteiger partial charge in [0.05, 0.1) is 10.4 Å². The van der Waals surface area contributed by atoms with Crippen molar-refractivity contribution in [3.8, 4) is 11.4 Å². The van der Waals surface area contributed by atoms with Crippen LogP contribution in [0.4, 0.5) is 4.39 Å². The van der Waals surface area contributed by atoms with Gasteiger partial charge >= 0.3 is 5.76 Å². The van der Waals surface area contributed by atoms with Gasteiger partial charge in [0.25, 0.3) is 0 Å². The second-order valence-electron chi connectivity index (χ2n) is 7.39. The number of aryl methyl sites for hydroxylation is 1. The molecule has 0 saturated carbocycles. The minimum Gasteiger partial charge on any atom is -0.408 e. The summed E-state index contributed by atoms with van der Waals surface area (Å²) in [5.74, 6) is -0.380. The van der Waals surface area contributed by atoms with Gasteiger partial charge < -0.3 is 8.98 Å². The van der Waals surface area contributed by atoms with Crippen LogP contribution in [0.25, 0.3) is 33.7 Å². The van der Waals surface area contributed by atoms with E-state index in [1.54, 1.807) is 42.1 Å². The van der Waals surface area contributed by atoms with E-state index in [2.05, 4.69) is 14.7 Å². The van der Waals surface area contributed by atoms with Gasteiger partial charge in [-0.1, -0.05) is 0 Å². The molecule has 3 heterocycles. The highest BCUT2D eigenvalue weighted by Crippen LogP contribution is 2.24. The fourth-order valence-corrected chi connectivity index (χ4v) is 4.68. The van der Waals surface area contributed by atoms with Crippen LogP contribution in [0.3, 0.4) is 0 Å². The van der Waals surface area contributed by atoms with Gasteiger partial charge in [0.15, 0.2) is 11.2 Å². The highest BCUT2D eigenvalue weighted by molar-refractivity contribution is 7.89. The average Bonchev–Trinajstić information content (AvgIpc) is 3.31.